The number of alkyl halides is 3. The van der Waals surface area contributed by atoms with Gasteiger partial charge >= 0.3 is 6.36 Å². The van der Waals surface area contributed by atoms with Crippen LogP contribution < -0.4 is 20.3 Å². The van der Waals surface area contributed by atoms with Crippen LogP contribution in [-0.2, 0) is 6.61 Å². The fraction of sp³-hybridized carbons (Fsp3) is 0.250. The maximum atomic E-state index is 12.6. The first-order valence-electron chi connectivity index (χ1n) is 6.96. The van der Waals surface area contributed by atoms with E-state index in [0.29, 0.717) is 17.0 Å². The zero-order chi connectivity index (χ0) is 17.9. The molecule has 0 radical (unpaired) electrons. The maximum Gasteiger partial charge on any atom is 0.573 e. The van der Waals surface area contributed by atoms with Crippen molar-refractivity contribution in [2.24, 2.45) is 5.84 Å². The van der Waals surface area contributed by atoms with Crippen molar-refractivity contribution in [2.75, 3.05) is 12.1 Å². The minimum Gasteiger partial charge on any atom is -0.508 e. The van der Waals surface area contributed by atoms with Crippen LogP contribution in [0, 0.1) is 6.92 Å². The number of hydrazine groups is 1. The number of nitrogens with two attached hydrogens (primary N) is 1. The molecule has 2 aromatic rings. The second-order valence-electron chi connectivity index (χ2n) is 5.15. The van der Waals surface area contributed by atoms with Crippen LogP contribution in [0.25, 0.3) is 0 Å². The first-order valence-corrected chi connectivity index (χ1v) is 6.96. The van der Waals surface area contributed by atoms with Crippen LogP contribution in [0.3, 0.4) is 0 Å². The lowest BCUT2D eigenvalue weighted by atomic mass is 10.1. The molecule has 0 spiro atoms. The molecule has 0 atom stereocenters. The van der Waals surface area contributed by atoms with E-state index in [-0.39, 0.29) is 23.7 Å². The largest absolute Gasteiger partial charge is 0.573 e. The fourth-order valence-corrected chi connectivity index (χ4v) is 2.20. The fourth-order valence-electron chi connectivity index (χ4n) is 2.20. The van der Waals surface area contributed by atoms with Crippen LogP contribution in [0.1, 0.15) is 11.1 Å². The van der Waals surface area contributed by atoms with Gasteiger partial charge in [-0.05, 0) is 42.8 Å². The van der Waals surface area contributed by atoms with Crippen molar-refractivity contribution >= 4 is 5.69 Å². The third kappa shape index (κ3) is 4.45. The number of ether oxygens (including phenoxy) is 2. The molecule has 0 aliphatic heterocycles. The second-order valence-corrected chi connectivity index (χ2v) is 5.15. The smallest absolute Gasteiger partial charge is 0.508 e. The standard InChI is InChI=1S/C16H17F3N2O3/c1-10-8-11(22)6-7-14(10)23-9-12-13(21(2)20)4-3-5-15(12)24-16(17,18)19/h3-8,22H,9,20H2,1-2H3. The van der Waals surface area contributed by atoms with Crippen LogP contribution >= 0.6 is 0 Å². The van der Waals surface area contributed by atoms with Crippen molar-refractivity contribution in [3.8, 4) is 17.2 Å². The highest BCUT2D eigenvalue weighted by Crippen LogP contribution is 2.33. The van der Waals surface area contributed by atoms with E-state index in [0.717, 1.165) is 0 Å². The number of hydrogen-bond donors (Lipinski definition) is 2. The number of nitrogens with zero attached hydrogens (tertiary/aromatic N) is 1. The second kappa shape index (κ2) is 6.88. The third-order valence-corrected chi connectivity index (χ3v) is 3.24. The SMILES string of the molecule is Cc1cc(O)ccc1OCc1c(OC(F)(F)F)cccc1N(C)N. The summed E-state index contributed by atoms with van der Waals surface area (Å²) in [6.45, 7) is 1.53. The van der Waals surface area contributed by atoms with Gasteiger partial charge in [-0.15, -0.1) is 13.2 Å². The van der Waals surface area contributed by atoms with E-state index in [1.807, 2.05) is 0 Å². The highest BCUT2D eigenvalue weighted by molar-refractivity contribution is 5.58. The van der Waals surface area contributed by atoms with E-state index in [9.17, 15) is 18.3 Å². The Morgan fingerprint density at radius 2 is 1.88 bits per heavy atom. The average molecular weight is 342 g/mol. The van der Waals surface area contributed by atoms with Gasteiger partial charge in [0.2, 0.25) is 0 Å². The summed E-state index contributed by atoms with van der Waals surface area (Å²) < 4.78 is 47.4. The topological polar surface area (TPSA) is 68.0 Å². The predicted molar refractivity (Wildman–Crippen MR) is 82.9 cm³/mol. The Bertz CT molecular complexity index is 718. The number of phenolic OH excluding ortho intramolecular Hbond substituents is 1. The number of benzene rings is 2. The summed E-state index contributed by atoms with van der Waals surface area (Å²) in [4.78, 5) is 0. The number of halogens is 3. The number of anilines is 1. The molecule has 0 aliphatic carbocycles. The normalized spacial score (nSPS) is 11.2. The molecule has 5 nitrogen and oxygen atoms in total. The molecule has 0 bridgehead atoms. The molecule has 3 N–H and O–H groups in total. The predicted octanol–water partition coefficient (Wildman–Crippen LogP) is 3.49. The van der Waals surface area contributed by atoms with E-state index in [1.165, 1.54) is 42.4 Å². The summed E-state index contributed by atoms with van der Waals surface area (Å²) in [7, 11) is 1.50. The monoisotopic (exact) mass is 342 g/mol. The first-order chi connectivity index (χ1) is 11.2. The van der Waals surface area contributed by atoms with Crippen LogP contribution in [-0.4, -0.2) is 18.5 Å². The summed E-state index contributed by atoms with van der Waals surface area (Å²) in [5.74, 6) is 5.80. The van der Waals surface area contributed by atoms with Gasteiger partial charge in [0.1, 0.15) is 23.9 Å². The van der Waals surface area contributed by atoms with E-state index in [2.05, 4.69) is 4.74 Å². The van der Waals surface area contributed by atoms with Gasteiger partial charge in [-0.25, -0.2) is 5.84 Å². The van der Waals surface area contributed by atoms with Gasteiger partial charge in [-0.1, -0.05) is 6.07 Å². The molecule has 0 amide bonds. The van der Waals surface area contributed by atoms with Crippen LogP contribution in [0.2, 0.25) is 0 Å². The lowest BCUT2D eigenvalue weighted by Crippen LogP contribution is -2.27. The molecular weight excluding hydrogens is 325 g/mol. The molecule has 0 aromatic heterocycles. The number of aryl methyl sites for hydroxylation is 1. The molecule has 8 heteroatoms. The van der Waals surface area contributed by atoms with Gasteiger partial charge in [-0.2, -0.15) is 0 Å². The number of hydrogen-bond acceptors (Lipinski definition) is 5. The van der Waals surface area contributed by atoms with Gasteiger partial charge in [0, 0.05) is 7.05 Å². The molecule has 2 aromatic carbocycles. The molecule has 130 valence electrons. The number of rotatable bonds is 5. The van der Waals surface area contributed by atoms with Gasteiger partial charge < -0.3 is 19.6 Å². The molecule has 0 aliphatic rings. The summed E-state index contributed by atoms with van der Waals surface area (Å²) in [6, 6.07) is 8.62. The molecular formula is C16H17F3N2O3. The van der Waals surface area contributed by atoms with E-state index in [1.54, 1.807) is 13.0 Å². The van der Waals surface area contributed by atoms with Crippen molar-refractivity contribution in [3.05, 3.63) is 47.5 Å². The van der Waals surface area contributed by atoms with Crippen molar-refractivity contribution in [1.29, 1.82) is 0 Å². The van der Waals surface area contributed by atoms with Gasteiger partial charge in [-0.3, -0.25) is 0 Å². The lowest BCUT2D eigenvalue weighted by molar-refractivity contribution is -0.275. The van der Waals surface area contributed by atoms with Crippen molar-refractivity contribution in [2.45, 2.75) is 19.9 Å². The molecule has 0 saturated heterocycles. The van der Waals surface area contributed by atoms with Crippen molar-refractivity contribution < 1.29 is 27.8 Å². The Morgan fingerprint density at radius 3 is 2.46 bits per heavy atom. The maximum absolute atomic E-state index is 12.6. The minimum atomic E-state index is -4.82. The quantitative estimate of drug-likeness (QED) is 0.643. The number of phenols is 1. The molecule has 0 saturated carbocycles. The Hall–Kier alpha value is -2.61. The van der Waals surface area contributed by atoms with Crippen LogP contribution in [0.5, 0.6) is 17.2 Å². The summed E-state index contributed by atoms with van der Waals surface area (Å²) >= 11 is 0. The number of aromatic hydroxyl groups is 1. The van der Waals surface area contributed by atoms with E-state index >= 15 is 0 Å². The zero-order valence-corrected chi connectivity index (χ0v) is 13.1. The Morgan fingerprint density at radius 1 is 1.17 bits per heavy atom. The minimum absolute atomic E-state index is 0.0723. The highest BCUT2D eigenvalue weighted by atomic mass is 19.4. The van der Waals surface area contributed by atoms with E-state index in [4.69, 9.17) is 10.6 Å². The average Bonchev–Trinajstić information content (AvgIpc) is 2.45. The van der Waals surface area contributed by atoms with Crippen LogP contribution in [0.15, 0.2) is 36.4 Å². The van der Waals surface area contributed by atoms with Gasteiger partial charge in [0.15, 0.2) is 0 Å². The Labute approximate surface area is 137 Å². The highest BCUT2D eigenvalue weighted by Gasteiger charge is 2.32. The Kier molecular flexibility index (Phi) is 5.08. The zero-order valence-electron chi connectivity index (χ0n) is 13.1. The first kappa shape index (κ1) is 17.7. The molecule has 24 heavy (non-hydrogen) atoms. The summed E-state index contributed by atoms with van der Waals surface area (Å²) in [5.41, 5.74) is 1.15. The van der Waals surface area contributed by atoms with Gasteiger partial charge in [0.25, 0.3) is 0 Å². The van der Waals surface area contributed by atoms with Crippen molar-refractivity contribution in [1.82, 2.24) is 0 Å². The van der Waals surface area contributed by atoms with E-state index < -0.39 is 6.36 Å². The van der Waals surface area contributed by atoms with Crippen molar-refractivity contribution in [3.63, 3.8) is 0 Å². The molecule has 2 rings (SSSR count). The van der Waals surface area contributed by atoms with Gasteiger partial charge in [0.05, 0.1) is 11.3 Å². The summed E-state index contributed by atoms with van der Waals surface area (Å²) in [6.07, 6.45) is -4.82. The summed E-state index contributed by atoms with van der Waals surface area (Å²) in [5, 5.41) is 10.6. The van der Waals surface area contributed by atoms with Crippen LogP contribution in [0.4, 0.5) is 18.9 Å². The lowest BCUT2D eigenvalue weighted by Gasteiger charge is -2.21. The molecule has 0 fully saturated rings. The third-order valence-electron chi connectivity index (χ3n) is 3.24. The molecule has 0 heterocycles. The Balaban J connectivity index is 2.32. The molecule has 0 unspecified atom stereocenters.